The monoisotopic (exact) mass is 279 g/mol. The molecule has 0 bridgehead atoms. The van der Waals surface area contributed by atoms with Crippen LogP contribution in [0.5, 0.6) is 0 Å². The Morgan fingerprint density at radius 2 is 1.70 bits per heavy atom. The molecule has 1 aromatic rings. The third-order valence-electron chi connectivity index (χ3n) is 3.53. The number of rotatable bonds is 7. The topological polar surface area (TPSA) is 53.1 Å². The molecular weight excluding hydrogens is 250 g/mol. The lowest BCUT2D eigenvalue weighted by atomic mass is 10.0. The molecule has 0 aliphatic carbocycles. The first-order valence-electron chi connectivity index (χ1n) is 7.30. The van der Waals surface area contributed by atoms with E-state index in [4.69, 9.17) is 0 Å². The van der Waals surface area contributed by atoms with Crippen LogP contribution in [0.2, 0.25) is 0 Å². The minimum Gasteiger partial charge on any atom is -0.370 e. The lowest BCUT2D eigenvalue weighted by molar-refractivity contribution is 0.210. The summed E-state index contributed by atoms with van der Waals surface area (Å²) in [5.74, 6) is 2.95. The van der Waals surface area contributed by atoms with Gasteiger partial charge in [-0.1, -0.05) is 13.8 Å². The van der Waals surface area contributed by atoms with E-state index < -0.39 is 0 Å². The Bertz CT molecular complexity index is 426. The van der Waals surface area contributed by atoms with Crippen LogP contribution < -0.4 is 10.6 Å². The van der Waals surface area contributed by atoms with Gasteiger partial charge in [0, 0.05) is 30.6 Å². The highest BCUT2D eigenvalue weighted by atomic mass is 15.2. The normalized spacial score (nSPS) is 12.1. The summed E-state index contributed by atoms with van der Waals surface area (Å²) in [7, 11) is 4.18. The molecule has 0 unspecified atom stereocenters. The average molecular weight is 279 g/mol. The number of likely N-dealkylation sites (N-methyl/N-ethyl adjacent to an activating group) is 1. The van der Waals surface area contributed by atoms with Crippen molar-refractivity contribution < 1.29 is 0 Å². The molecule has 114 valence electrons. The number of hydrogen-bond donors (Lipinski definition) is 2. The first-order valence-corrected chi connectivity index (χ1v) is 7.30. The first kappa shape index (κ1) is 16.7. The first-order chi connectivity index (χ1) is 9.26. The van der Waals surface area contributed by atoms with E-state index in [1.54, 1.807) is 0 Å². The molecular formula is C15H29N5. The van der Waals surface area contributed by atoms with E-state index in [1.807, 2.05) is 6.07 Å². The van der Waals surface area contributed by atoms with Crippen LogP contribution in [0.1, 0.15) is 46.4 Å². The van der Waals surface area contributed by atoms with E-state index in [-0.39, 0.29) is 5.54 Å². The fourth-order valence-corrected chi connectivity index (χ4v) is 1.55. The summed E-state index contributed by atoms with van der Waals surface area (Å²) >= 11 is 0. The number of nitrogens with zero attached hydrogens (tertiary/aromatic N) is 3. The Labute approximate surface area is 123 Å². The largest absolute Gasteiger partial charge is 0.370 e. The van der Waals surface area contributed by atoms with Crippen LogP contribution in [0.4, 0.5) is 11.6 Å². The predicted octanol–water partition coefficient (Wildman–Crippen LogP) is 2.78. The maximum absolute atomic E-state index is 4.60. The second-order valence-corrected chi connectivity index (χ2v) is 6.24. The van der Waals surface area contributed by atoms with Crippen LogP contribution in [-0.4, -0.2) is 47.6 Å². The van der Waals surface area contributed by atoms with Gasteiger partial charge in [-0.3, -0.25) is 0 Å². The van der Waals surface area contributed by atoms with Crippen LogP contribution in [0.3, 0.4) is 0 Å². The van der Waals surface area contributed by atoms with Gasteiger partial charge in [-0.2, -0.15) is 0 Å². The Balaban J connectivity index is 2.88. The van der Waals surface area contributed by atoms with E-state index >= 15 is 0 Å². The maximum Gasteiger partial charge on any atom is 0.135 e. The molecule has 20 heavy (non-hydrogen) atoms. The Morgan fingerprint density at radius 1 is 1.15 bits per heavy atom. The number of anilines is 2. The quantitative estimate of drug-likeness (QED) is 0.804. The molecule has 0 fully saturated rings. The van der Waals surface area contributed by atoms with Crippen molar-refractivity contribution in [2.45, 2.75) is 46.1 Å². The molecule has 0 atom stereocenters. The summed E-state index contributed by atoms with van der Waals surface area (Å²) in [6, 6.07) is 1.97. The summed E-state index contributed by atoms with van der Waals surface area (Å²) < 4.78 is 0. The molecule has 1 aromatic heterocycles. The second kappa shape index (κ2) is 6.88. The van der Waals surface area contributed by atoms with E-state index in [1.165, 1.54) is 0 Å². The van der Waals surface area contributed by atoms with Gasteiger partial charge in [0.05, 0.1) is 0 Å². The van der Waals surface area contributed by atoms with Gasteiger partial charge in [-0.05, 0) is 34.9 Å². The van der Waals surface area contributed by atoms with Gasteiger partial charge >= 0.3 is 0 Å². The smallest absolute Gasteiger partial charge is 0.135 e. The van der Waals surface area contributed by atoms with E-state index in [9.17, 15) is 0 Å². The molecule has 1 heterocycles. The van der Waals surface area contributed by atoms with Gasteiger partial charge in [-0.25, -0.2) is 9.97 Å². The Hall–Kier alpha value is -1.36. The minimum absolute atomic E-state index is 0.0707. The summed E-state index contributed by atoms with van der Waals surface area (Å²) in [5.41, 5.74) is 0.0707. The standard InChI is InChI=1S/C15H29N5/c1-8-16-12-9-13(19-14(18-12)11(2)3)17-10-15(4,5)20(6)7/h9,11H,8,10H2,1-7H3,(H2,16,17,18,19). The zero-order valence-electron chi connectivity index (χ0n) is 13.9. The molecule has 0 aliphatic heterocycles. The highest BCUT2D eigenvalue weighted by Crippen LogP contribution is 2.18. The zero-order valence-corrected chi connectivity index (χ0v) is 13.9. The molecule has 2 N–H and O–H groups in total. The van der Waals surface area contributed by atoms with Gasteiger partial charge in [0.25, 0.3) is 0 Å². The average Bonchev–Trinajstić information content (AvgIpc) is 2.36. The van der Waals surface area contributed by atoms with Crippen molar-refractivity contribution in [1.29, 1.82) is 0 Å². The number of aromatic nitrogens is 2. The molecule has 0 aromatic carbocycles. The van der Waals surface area contributed by atoms with Gasteiger partial charge in [0.1, 0.15) is 17.5 Å². The summed E-state index contributed by atoms with van der Waals surface area (Å²) in [6.07, 6.45) is 0. The van der Waals surface area contributed by atoms with Crippen molar-refractivity contribution in [2.24, 2.45) is 0 Å². The van der Waals surface area contributed by atoms with Gasteiger partial charge < -0.3 is 15.5 Å². The van der Waals surface area contributed by atoms with Crippen molar-refractivity contribution in [3.05, 3.63) is 11.9 Å². The van der Waals surface area contributed by atoms with Gasteiger partial charge in [0.2, 0.25) is 0 Å². The van der Waals surface area contributed by atoms with Crippen molar-refractivity contribution in [3.8, 4) is 0 Å². The van der Waals surface area contributed by atoms with Gasteiger partial charge in [-0.15, -0.1) is 0 Å². The highest BCUT2D eigenvalue weighted by molar-refractivity contribution is 5.48. The van der Waals surface area contributed by atoms with E-state index in [2.05, 4.69) is 74.2 Å². The second-order valence-electron chi connectivity index (χ2n) is 6.24. The fraction of sp³-hybridized carbons (Fsp3) is 0.733. The lowest BCUT2D eigenvalue weighted by Crippen LogP contribution is -2.44. The molecule has 0 saturated carbocycles. The summed E-state index contributed by atoms with van der Waals surface area (Å²) in [4.78, 5) is 11.3. The van der Waals surface area contributed by atoms with Crippen LogP contribution in [0.25, 0.3) is 0 Å². The third kappa shape index (κ3) is 4.63. The molecule has 0 aliphatic rings. The maximum atomic E-state index is 4.60. The molecule has 5 heteroatoms. The zero-order chi connectivity index (χ0) is 15.3. The van der Waals surface area contributed by atoms with Crippen LogP contribution in [0, 0.1) is 0 Å². The molecule has 5 nitrogen and oxygen atoms in total. The van der Waals surface area contributed by atoms with Crippen molar-refractivity contribution in [3.63, 3.8) is 0 Å². The summed E-state index contributed by atoms with van der Waals surface area (Å²) in [5, 5.41) is 6.69. The van der Waals surface area contributed by atoms with Crippen molar-refractivity contribution >= 4 is 11.6 Å². The molecule has 0 amide bonds. The number of nitrogens with one attached hydrogen (secondary N) is 2. The van der Waals surface area contributed by atoms with Crippen LogP contribution in [-0.2, 0) is 0 Å². The van der Waals surface area contributed by atoms with Gasteiger partial charge in [0.15, 0.2) is 0 Å². The molecule has 0 radical (unpaired) electrons. The Morgan fingerprint density at radius 3 is 2.15 bits per heavy atom. The predicted molar refractivity (Wildman–Crippen MR) is 86.5 cm³/mol. The van der Waals surface area contributed by atoms with Crippen molar-refractivity contribution in [1.82, 2.24) is 14.9 Å². The SMILES string of the molecule is CCNc1cc(NCC(C)(C)N(C)C)nc(C(C)C)n1. The van der Waals surface area contributed by atoms with E-state index in [0.717, 1.165) is 30.5 Å². The Kier molecular flexibility index (Phi) is 5.74. The fourth-order valence-electron chi connectivity index (χ4n) is 1.55. The minimum atomic E-state index is 0.0707. The number of hydrogen-bond acceptors (Lipinski definition) is 5. The van der Waals surface area contributed by atoms with Crippen LogP contribution in [0.15, 0.2) is 6.07 Å². The third-order valence-corrected chi connectivity index (χ3v) is 3.53. The van der Waals surface area contributed by atoms with Crippen molar-refractivity contribution in [2.75, 3.05) is 37.8 Å². The molecule has 0 saturated heterocycles. The molecule has 0 spiro atoms. The van der Waals surface area contributed by atoms with Crippen LogP contribution >= 0.6 is 0 Å². The van der Waals surface area contributed by atoms with E-state index in [0.29, 0.717) is 5.92 Å². The molecule has 1 rings (SSSR count). The lowest BCUT2D eigenvalue weighted by Gasteiger charge is -2.32. The summed E-state index contributed by atoms with van der Waals surface area (Å²) in [6.45, 7) is 12.4. The highest BCUT2D eigenvalue weighted by Gasteiger charge is 2.20.